The van der Waals surface area contributed by atoms with Crippen LogP contribution in [0.4, 0.5) is 0 Å². The molecule has 1 amide bonds. The molecule has 0 spiro atoms. The van der Waals surface area contributed by atoms with Gasteiger partial charge in [-0.2, -0.15) is 5.10 Å². The van der Waals surface area contributed by atoms with Gasteiger partial charge in [0.2, 0.25) is 5.91 Å². The number of nitrogens with zero attached hydrogens (tertiary/aromatic N) is 2. The third-order valence-electron chi connectivity index (χ3n) is 4.25. The SMILES string of the molecule is Cc1n[nH]c(C)c1CC(=O)N1CCOC(c2cccc(Cl)c2)C1. The Bertz CT molecular complexity index is 694. The summed E-state index contributed by atoms with van der Waals surface area (Å²) in [6, 6.07) is 7.61. The van der Waals surface area contributed by atoms with Crippen LogP contribution in [0.1, 0.15) is 28.6 Å². The van der Waals surface area contributed by atoms with Crippen molar-refractivity contribution < 1.29 is 9.53 Å². The van der Waals surface area contributed by atoms with Crippen LogP contribution in [0.15, 0.2) is 24.3 Å². The average molecular weight is 334 g/mol. The molecule has 6 heteroatoms. The van der Waals surface area contributed by atoms with E-state index in [0.717, 1.165) is 22.5 Å². The first-order chi connectivity index (χ1) is 11.0. The van der Waals surface area contributed by atoms with E-state index in [-0.39, 0.29) is 12.0 Å². The Labute approximate surface area is 140 Å². The Morgan fingerprint density at radius 1 is 1.48 bits per heavy atom. The van der Waals surface area contributed by atoms with E-state index in [9.17, 15) is 4.79 Å². The fourth-order valence-corrected chi connectivity index (χ4v) is 3.08. The molecule has 1 fully saturated rings. The number of aromatic amines is 1. The van der Waals surface area contributed by atoms with Gasteiger partial charge in [-0.25, -0.2) is 0 Å². The molecule has 122 valence electrons. The second kappa shape index (κ2) is 6.72. The van der Waals surface area contributed by atoms with Crippen LogP contribution in [0.2, 0.25) is 5.02 Å². The lowest BCUT2D eigenvalue weighted by Crippen LogP contribution is -2.43. The molecule has 1 atom stereocenters. The molecule has 2 aromatic rings. The van der Waals surface area contributed by atoms with Crippen molar-refractivity contribution >= 4 is 17.5 Å². The van der Waals surface area contributed by atoms with Gasteiger partial charge in [-0.3, -0.25) is 9.89 Å². The molecule has 0 bridgehead atoms. The topological polar surface area (TPSA) is 58.2 Å². The second-order valence-corrected chi connectivity index (χ2v) is 6.28. The van der Waals surface area contributed by atoms with Crippen LogP contribution in [0.5, 0.6) is 0 Å². The minimum atomic E-state index is -0.127. The molecule has 1 saturated heterocycles. The van der Waals surface area contributed by atoms with Crippen molar-refractivity contribution in [1.82, 2.24) is 15.1 Å². The van der Waals surface area contributed by atoms with E-state index >= 15 is 0 Å². The number of morpholine rings is 1. The summed E-state index contributed by atoms with van der Waals surface area (Å²) in [4.78, 5) is 14.5. The Kier molecular flexibility index (Phi) is 4.68. The molecule has 0 radical (unpaired) electrons. The van der Waals surface area contributed by atoms with Crippen molar-refractivity contribution in [2.75, 3.05) is 19.7 Å². The number of nitrogens with one attached hydrogen (secondary N) is 1. The van der Waals surface area contributed by atoms with Crippen molar-refractivity contribution in [3.8, 4) is 0 Å². The van der Waals surface area contributed by atoms with Crippen molar-refractivity contribution in [3.05, 3.63) is 51.8 Å². The lowest BCUT2D eigenvalue weighted by Gasteiger charge is -2.33. The Morgan fingerprint density at radius 3 is 3.00 bits per heavy atom. The quantitative estimate of drug-likeness (QED) is 0.939. The van der Waals surface area contributed by atoms with Gasteiger partial charge >= 0.3 is 0 Å². The van der Waals surface area contributed by atoms with Gasteiger partial charge in [0, 0.05) is 22.8 Å². The van der Waals surface area contributed by atoms with Crippen LogP contribution in [0.25, 0.3) is 0 Å². The van der Waals surface area contributed by atoms with Gasteiger partial charge in [0.25, 0.3) is 0 Å². The number of aromatic nitrogens is 2. The van der Waals surface area contributed by atoms with Gasteiger partial charge in [0.1, 0.15) is 6.10 Å². The van der Waals surface area contributed by atoms with Crippen LogP contribution in [0, 0.1) is 13.8 Å². The summed E-state index contributed by atoms with van der Waals surface area (Å²) in [5, 5.41) is 7.76. The smallest absolute Gasteiger partial charge is 0.227 e. The molecule has 1 aliphatic heterocycles. The number of rotatable bonds is 3. The number of hydrogen-bond acceptors (Lipinski definition) is 3. The zero-order valence-electron chi connectivity index (χ0n) is 13.3. The number of aryl methyl sites for hydroxylation is 2. The summed E-state index contributed by atoms with van der Waals surface area (Å²) in [7, 11) is 0. The fourth-order valence-electron chi connectivity index (χ4n) is 2.88. The highest BCUT2D eigenvalue weighted by Crippen LogP contribution is 2.25. The van der Waals surface area contributed by atoms with Gasteiger partial charge < -0.3 is 9.64 Å². The van der Waals surface area contributed by atoms with Gasteiger partial charge in [-0.15, -0.1) is 0 Å². The lowest BCUT2D eigenvalue weighted by molar-refractivity contribution is -0.138. The predicted octanol–water partition coefficient (Wildman–Crippen LogP) is 2.82. The van der Waals surface area contributed by atoms with E-state index in [1.165, 1.54) is 0 Å². The highest BCUT2D eigenvalue weighted by atomic mass is 35.5. The predicted molar refractivity (Wildman–Crippen MR) is 88.5 cm³/mol. The minimum Gasteiger partial charge on any atom is -0.370 e. The summed E-state index contributed by atoms with van der Waals surface area (Å²) in [6.45, 7) is 5.56. The number of carbonyl (C=O) groups excluding carboxylic acids is 1. The number of benzene rings is 1. The van der Waals surface area contributed by atoms with E-state index in [1.54, 1.807) is 0 Å². The Morgan fingerprint density at radius 2 is 2.30 bits per heavy atom. The number of carbonyl (C=O) groups is 1. The standard InChI is InChI=1S/C17H20ClN3O2/c1-11-15(12(2)20-19-11)9-17(22)21-6-7-23-16(10-21)13-4-3-5-14(18)8-13/h3-5,8,16H,6-7,9-10H2,1-2H3,(H,19,20). The molecule has 1 unspecified atom stereocenters. The molecule has 1 N–H and O–H groups in total. The number of hydrogen-bond donors (Lipinski definition) is 1. The highest BCUT2D eigenvalue weighted by molar-refractivity contribution is 6.30. The minimum absolute atomic E-state index is 0.105. The number of H-pyrrole nitrogens is 1. The molecule has 1 aliphatic rings. The molecular weight excluding hydrogens is 314 g/mol. The van der Waals surface area contributed by atoms with Crippen LogP contribution >= 0.6 is 11.6 Å². The fraction of sp³-hybridized carbons (Fsp3) is 0.412. The molecule has 0 aliphatic carbocycles. The maximum atomic E-state index is 12.6. The summed E-state index contributed by atoms with van der Waals surface area (Å²) < 4.78 is 5.81. The first-order valence-corrected chi connectivity index (χ1v) is 8.07. The monoisotopic (exact) mass is 333 g/mol. The second-order valence-electron chi connectivity index (χ2n) is 5.84. The molecule has 2 heterocycles. The first-order valence-electron chi connectivity index (χ1n) is 7.70. The van der Waals surface area contributed by atoms with E-state index in [4.69, 9.17) is 16.3 Å². The Hall–Kier alpha value is -1.85. The third kappa shape index (κ3) is 3.57. The largest absolute Gasteiger partial charge is 0.370 e. The molecular formula is C17H20ClN3O2. The normalized spacial score (nSPS) is 18.2. The van der Waals surface area contributed by atoms with Crippen molar-refractivity contribution in [3.63, 3.8) is 0 Å². The van der Waals surface area contributed by atoms with Gasteiger partial charge in [0.15, 0.2) is 0 Å². The molecule has 1 aromatic heterocycles. The zero-order valence-corrected chi connectivity index (χ0v) is 14.1. The first kappa shape index (κ1) is 16.0. The van der Waals surface area contributed by atoms with Gasteiger partial charge in [-0.05, 0) is 31.5 Å². The zero-order chi connectivity index (χ0) is 16.4. The van der Waals surface area contributed by atoms with E-state index in [2.05, 4.69) is 10.2 Å². The molecule has 1 aromatic carbocycles. The molecule has 5 nitrogen and oxygen atoms in total. The lowest BCUT2D eigenvalue weighted by atomic mass is 10.1. The average Bonchev–Trinajstić information content (AvgIpc) is 2.87. The molecule has 3 rings (SSSR count). The van der Waals surface area contributed by atoms with Gasteiger partial charge in [0.05, 0.1) is 25.3 Å². The third-order valence-corrected chi connectivity index (χ3v) is 4.48. The highest BCUT2D eigenvalue weighted by Gasteiger charge is 2.26. The molecule has 23 heavy (non-hydrogen) atoms. The number of ether oxygens (including phenoxy) is 1. The molecule has 0 saturated carbocycles. The Balaban J connectivity index is 1.70. The summed E-state index contributed by atoms with van der Waals surface area (Å²) >= 11 is 6.05. The van der Waals surface area contributed by atoms with Crippen molar-refractivity contribution in [1.29, 1.82) is 0 Å². The van der Waals surface area contributed by atoms with E-state index in [0.29, 0.717) is 31.1 Å². The number of halogens is 1. The van der Waals surface area contributed by atoms with Crippen molar-refractivity contribution in [2.24, 2.45) is 0 Å². The number of amides is 1. The van der Waals surface area contributed by atoms with Crippen LogP contribution in [-0.4, -0.2) is 40.7 Å². The summed E-state index contributed by atoms with van der Waals surface area (Å²) in [5.41, 5.74) is 3.83. The van der Waals surface area contributed by atoms with Crippen LogP contribution < -0.4 is 0 Å². The summed E-state index contributed by atoms with van der Waals surface area (Å²) in [6.07, 6.45) is 0.245. The van der Waals surface area contributed by atoms with E-state index < -0.39 is 0 Å². The maximum absolute atomic E-state index is 12.6. The van der Waals surface area contributed by atoms with Crippen LogP contribution in [0.3, 0.4) is 0 Å². The van der Waals surface area contributed by atoms with Crippen molar-refractivity contribution in [2.45, 2.75) is 26.4 Å². The van der Waals surface area contributed by atoms with Crippen LogP contribution in [-0.2, 0) is 16.0 Å². The summed E-state index contributed by atoms with van der Waals surface area (Å²) in [5.74, 6) is 0.105. The maximum Gasteiger partial charge on any atom is 0.227 e. The van der Waals surface area contributed by atoms with Gasteiger partial charge in [-0.1, -0.05) is 23.7 Å². The van der Waals surface area contributed by atoms with E-state index in [1.807, 2.05) is 43.0 Å².